The summed E-state index contributed by atoms with van der Waals surface area (Å²) in [5.74, 6) is -1.03. The second-order valence-corrected chi connectivity index (χ2v) is 6.29. The number of carboxylic acids is 1. The zero-order chi connectivity index (χ0) is 13.8. The molecule has 0 fully saturated rings. The van der Waals surface area contributed by atoms with Gasteiger partial charge in [0.25, 0.3) is 0 Å². The third-order valence-electron chi connectivity index (χ3n) is 2.36. The molecule has 0 radical (unpaired) electrons. The van der Waals surface area contributed by atoms with Gasteiger partial charge in [0.15, 0.2) is 0 Å². The van der Waals surface area contributed by atoms with Gasteiger partial charge < -0.3 is 5.11 Å². The molecule has 0 saturated carbocycles. The van der Waals surface area contributed by atoms with Crippen molar-refractivity contribution in [3.8, 4) is 0 Å². The fourth-order valence-corrected chi connectivity index (χ4v) is 3.75. The molecule has 0 bridgehead atoms. The molecule has 2 N–H and O–H groups in total. The lowest BCUT2D eigenvalue weighted by Crippen LogP contribution is -2.36. The molecule has 1 atom stereocenters. The van der Waals surface area contributed by atoms with E-state index in [0.29, 0.717) is 10.9 Å². The SMILES string of the molecule is CCC(CC(=O)O)NS(=O)(=O)c1ccccc1Br. The van der Waals surface area contributed by atoms with Crippen molar-refractivity contribution < 1.29 is 18.3 Å². The molecule has 7 heteroatoms. The van der Waals surface area contributed by atoms with Crippen LogP contribution < -0.4 is 4.72 Å². The maximum absolute atomic E-state index is 12.1. The lowest BCUT2D eigenvalue weighted by molar-refractivity contribution is -0.137. The fraction of sp³-hybridized carbons (Fsp3) is 0.364. The average molecular weight is 336 g/mol. The topological polar surface area (TPSA) is 83.5 Å². The van der Waals surface area contributed by atoms with Crippen molar-refractivity contribution in [2.45, 2.75) is 30.7 Å². The molecule has 0 aliphatic carbocycles. The fourth-order valence-electron chi connectivity index (χ4n) is 1.43. The minimum atomic E-state index is -3.71. The van der Waals surface area contributed by atoms with Gasteiger partial charge in [0.05, 0.1) is 11.3 Å². The maximum atomic E-state index is 12.1. The molecule has 1 aromatic rings. The lowest BCUT2D eigenvalue weighted by atomic mass is 10.2. The minimum absolute atomic E-state index is 0.105. The molecule has 0 aromatic heterocycles. The highest BCUT2D eigenvalue weighted by molar-refractivity contribution is 9.10. The van der Waals surface area contributed by atoms with Crippen LogP contribution in [0, 0.1) is 0 Å². The third kappa shape index (κ3) is 4.08. The standard InChI is InChI=1S/C11H14BrNO4S/c1-2-8(7-11(14)15)13-18(16,17)10-6-4-3-5-9(10)12/h3-6,8,13H,2,7H2,1H3,(H,14,15). The minimum Gasteiger partial charge on any atom is -0.481 e. The van der Waals surface area contributed by atoms with Crippen molar-refractivity contribution in [1.29, 1.82) is 0 Å². The molecule has 1 aromatic carbocycles. The summed E-state index contributed by atoms with van der Waals surface area (Å²) in [6.45, 7) is 1.73. The van der Waals surface area contributed by atoms with Crippen LogP contribution in [-0.4, -0.2) is 25.5 Å². The number of carboxylic acid groups (broad SMARTS) is 1. The number of hydrogen-bond acceptors (Lipinski definition) is 3. The van der Waals surface area contributed by atoms with E-state index >= 15 is 0 Å². The van der Waals surface area contributed by atoms with Crippen LogP contribution in [0.2, 0.25) is 0 Å². The van der Waals surface area contributed by atoms with Crippen molar-refractivity contribution in [2.75, 3.05) is 0 Å². The summed E-state index contributed by atoms with van der Waals surface area (Å²) in [5, 5.41) is 8.69. The Hall–Kier alpha value is -0.920. The number of aliphatic carboxylic acids is 1. The molecule has 1 unspecified atom stereocenters. The molecule has 0 saturated heterocycles. The summed E-state index contributed by atoms with van der Waals surface area (Å²) in [7, 11) is -3.71. The van der Waals surface area contributed by atoms with Crippen LogP contribution in [0.15, 0.2) is 33.6 Å². The predicted molar refractivity (Wildman–Crippen MR) is 70.8 cm³/mol. The van der Waals surface area contributed by atoms with E-state index in [1.54, 1.807) is 25.1 Å². The molecule has 0 aliphatic rings. The Kier molecular flexibility index (Phi) is 5.30. The summed E-state index contributed by atoms with van der Waals surface area (Å²) >= 11 is 3.16. The lowest BCUT2D eigenvalue weighted by Gasteiger charge is -2.15. The van der Waals surface area contributed by atoms with E-state index in [2.05, 4.69) is 20.7 Å². The summed E-state index contributed by atoms with van der Waals surface area (Å²) in [6, 6.07) is 5.78. The van der Waals surface area contributed by atoms with Crippen LogP contribution in [0.3, 0.4) is 0 Å². The van der Waals surface area contributed by atoms with E-state index in [0.717, 1.165) is 0 Å². The Morgan fingerprint density at radius 2 is 2.06 bits per heavy atom. The Bertz CT molecular complexity index is 530. The normalized spacial score (nSPS) is 13.2. The van der Waals surface area contributed by atoms with Gasteiger partial charge in [0.2, 0.25) is 10.0 Å². The first kappa shape index (κ1) is 15.1. The van der Waals surface area contributed by atoms with Crippen LogP contribution in [-0.2, 0) is 14.8 Å². The number of halogens is 1. The highest BCUT2D eigenvalue weighted by atomic mass is 79.9. The van der Waals surface area contributed by atoms with Crippen LogP contribution in [0.25, 0.3) is 0 Å². The first-order chi connectivity index (χ1) is 8.36. The number of nitrogens with one attached hydrogen (secondary N) is 1. The van der Waals surface area contributed by atoms with E-state index in [1.807, 2.05) is 0 Å². The van der Waals surface area contributed by atoms with E-state index in [4.69, 9.17) is 5.11 Å². The monoisotopic (exact) mass is 335 g/mol. The van der Waals surface area contributed by atoms with Crippen molar-refractivity contribution in [2.24, 2.45) is 0 Å². The van der Waals surface area contributed by atoms with E-state index < -0.39 is 22.0 Å². The molecular weight excluding hydrogens is 322 g/mol. The number of carbonyl (C=O) groups is 1. The highest BCUT2D eigenvalue weighted by Crippen LogP contribution is 2.21. The number of sulfonamides is 1. The van der Waals surface area contributed by atoms with Gasteiger partial charge in [0, 0.05) is 10.5 Å². The summed E-state index contributed by atoms with van der Waals surface area (Å²) in [4.78, 5) is 10.7. The maximum Gasteiger partial charge on any atom is 0.304 e. The molecule has 1 rings (SSSR count). The van der Waals surface area contributed by atoms with Crippen LogP contribution in [0.4, 0.5) is 0 Å². The quantitative estimate of drug-likeness (QED) is 0.832. The van der Waals surface area contributed by atoms with E-state index in [-0.39, 0.29) is 11.3 Å². The molecule has 0 amide bonds. The summed E-state index contributed by atoms with van der Waals surface area (Å²) < 4.78 is 27.0. The van der Waals surface area contributed by atoms with Crippen LogP contribution >= 0.6 is 15.9 Å². The van der Waals surface area contributed by atoms with E-state index in [9.17, 15) is 13.2 Å². The molecule has 18 heavy (non-hydrogen) atoms. The van der Waals surface area contributed by atoms with Crippen molar-refractivity contribution >= 4 is 31.9 Å². The molecule has 100 valence electrons. The predicted octanol–water partition coefficient (Wildman–Crippen LogP) is 1.98. The van der Waals surface area contributed by atoms with Crippen LogP contribution in [0.5, 0.6) is 0 Å². The van der Waals surface area contributed by atoms with Crippen molar-refractivity contribution in [3.05, 3.63) is 28.7 Å². The van der Waals surface area contributed by atoms with E-state index in [1.165, 1.54) is 6.07 Å². The van der Waals surface area contributed by atoms with Crippen LogP contribution in [0.1, 0.15) is 19.8 Å². The van der Waals surface area contributed by atoms with Gasteiger partial charge in [-0.05, 0) is 34.5 Å². The zero-order valence-electron chi connectivity index (χ0n) is 9.76. The summed E-state index contributed by atoms with van der Waals surface area (Å²) in [6.07, 6.45) is 0.177. The van der Waals surface area contributed by atoms with Crippen molar-refractivity contribution in [3.63, 3.8) is 0 Å². The van der Waals surface area contributed by atoms with Gasteiger partial charge in [-0.3, -0.25) is 4.79 Å². The van der Waals surface area contributed by atoms with Gasteiger partial charge >= 0.3 is 5.97 Å². The Morgan fingerprint density at radius 1 is 1.44 bits per heavy atom. The number of hydrogen-bond donors (Lipinski definition) is 2. The molecule has 5 nitrogen and oxygen atoms in total. The largest absolute Gasteiger partial charge is 0.481 e. The first-order valence-electron chi connectivity index (χ1n) is 5.35. The molecule has 0 heterocycles. The van der Waals surface area contributed by atoms with Gasteiger partial charge in [0.1, 0.15) is 0 Å². The number of rotatable bonds is 6. The van der Waals surface area contributed by atoms with Gasteiger partial charge in [-0.15, -0.1) is 0 Å². The van der Waals surface area contributed by atoms with Gasteiger partial charge in [-0.1, -0.05) is 19.1 Å². The Morgan fingerprint density at radius 3 is 2.56 bits per heavy atom. The third-order valence-corrected chi connectivity index (χ3v) is 4.89. The summed E-state index contributed by atoms with van der Waals surface area (Å²) in [5.41, 5.74) is 0. The van der Waals surface area contributed by atoms with Gasteiger partial charge in [-0.25, -0.2) is 13.1 Å². The number of benzene rings is 1. The second-order valence-electron chi connectivity index (χ2n) is 3.75. The average Bonchev–Trinajstić information content (AvgIpc) is 2.27. The first-order valence-corrected chi connectivity index (χ1v) is 7.63. The highest BCUT2D eigenvalue weighted by Gasteiger charge is 2.22. The Balaban J connectivity index is 2.94. The van der Waals surface area contributed by atoms with Crippen molar-refractivity contribution in [1.82, 2.24) is 4.72 Å². The molecular formula is C11H14BrNO4S. The molecule has 0 spiro atoms. The molecule has 0 aliphatic heterocycles. The van der Waals surface area contributed by atoms with Gasteiger partial charge in [-0.2, -0.15) is 0 Å². The smallest absolute Gasteiger partial charge is 0.304 e. The zero-order valence-corrected chi connectivity index (χ0v) is 12.2. The Labute approximate surface area is 114 Å². The second kappa shape index (κ2) is 6.31.